The van der Waals surface area contributed by atoms with Crippen LogP contribution in [0.1, 0.15) is 37.8 Å². The van der Waals surface area contributed by atoms with E-state index in [4.69, 9.17) is 29.3 Å². The Bertz CT molecular complexity index is 973. The molecule has 0 bridgehead atoms. The molecule has 9 heteroatoms. The average molecular weight is 501 g/mol. The minimum Gasteiger partial charge on any atom is -0.493 e. The Morgan fingerprint density at radius 1 is 0.917 bits per heavy atom. The van der Waals surface area contributed by atoms with Crippen molar-refractivity contribution in [1.82, 2.24) is 9.80 Å². The molecule has 0 atom stereocenters. The Morgan fingerprint density at radius 2 is 1.53 bits per heavy atom. The summed E-state index contributed by atoms with van der Waals surface area (Å²) in [5.41, 5.74) is 2.33. The third kappa shape index (κ3) is 8.88. The number of aliphatic carboxylic acids is 2. The summed E-state index contributed by atoms with van der Waals surface area (Å²) < 4.78 is 11.5. The first-order valence-electron chi connectivity index (χ1n) is 12.1. The molecule has 9 nitrogen and oxygen atoms in total. The summed E-state index contributed by atoms with van der Waals surface area (Å²) in [6.07, 6.45) is 1.87. The molecule has 36 heavy (non-hydrogen) atoms. The molecule has 2 N–H and O–H groups in total. The Balaban J connectivity index is 0.000000678. The number of rotatable bonds is 9. The van der Waals surface area contributed by atoms with Gasteiger partial charge in [-0.1, -0.05) is 36.4 Å². The normalized spacial score (nSPS) is 13.8. The minimum atomic E-state index is -1.82. The summed E-state index contributed by atoms with van der Waals surface area (Å²) in [5, 5.41) is 14.8. The topological polar surface area (TPSA) is 117 Å². The predicted molar refractivity (Wildman–Crippen MR) is 135 cm³/mol. The van der Waals surface area contributed by atoms with E-state index in [1.165, 1.54) is 5.56 Å². The van der Waals surface area contributed by atoms with Crippen molar-refractivity contribution < 1.29 is 34.1 Å². The molecule has 1 saturated heterocycles. The van der Waals surface area contributed by atoms with Gasteiger partial charge in [0.25, 0.3) is 0 Å². The monoisotopic (exact) mass is 500 g/mol. The number of carbonyl (C=O) groups is 3. The number of amides is 1. The molecular weight excluding hydrogens is 464 g/mol. The van der Waals surface area contributed by atoms with Gasteiger partial charge in [-0.2, -0.15) is 0 Å². The third-order valence-corrected chi connectivity index (χ3v) is 6.07. The van der Waals surface area contributed by atoms with Gasteiger partial charge >= 0.3 is 11.9 Å². The number of piperidine rings is 1. The highest BCUT2D eigenvalue weighted by Crippen LogP contribution is 2.30. The Labute approximate surface area is 212 Å². The summed E-state index contributed by atoms with van der Waals surface area (Å²) in [4.78, 5) is 35.2. The van der Waals surface area contributed by atoms with Crippen LogP contribution in [0.2, 0.25) is 0 Å². The van der Waals surface area contributed by atoms with E-state index in [-0.39, 0.29) is 5.92 Å². The molecule has 0 aromatic heterocycles. The molecule has 1 aliphatic heterocycles. The maximum Gasteiger partial charge on any atom is 0.414 e. The lowest BCUT2D eigenvalue weighted by Crippen LogP contribution is -2.42. The van der Waals surface area contributed by atoms with Crippen molar-refractivity contribution in [3.05, 3.63) is 59.7 Å². The molecule has 0 spiro atoms. The SMILES string of the molecule is CCN(CC)C(=O)C1CCN(Cc2ccc(OCc3ccccc3)c(OC)c2)CC1.O=C(O)C(=O)O. The second-order valence-corrected chi connectivity index (χ2v) is 8.43. The molecule has 0 radical (unpaired) electrons. The van der Waals surface area contributed by atoms with Gasteiger partial charge in [0.2, 0.25) is 5.91 Å². The van der Waals surface area contributed by atoms with Crippen molar-refractivity contribution in [2.45, 2.75) is 39.8 Å². The minimum absolute atomic E-state index is 0.171. The summed E-state index contributed by atoms with van der Waals surface area (Å²) in [6.45, 7) is 8.99. The highest BCUT2D eigenvalue weighted by molar-refractivity contribution is 6.27. The zero-order chi connectivity index (χ0) is 26.5. The van der Waals surface area contributed by atoms with Gasteiger partial charge < -0.3 is 24.6 Å². The number of nitrogens with zero attached hydrogens (tertiary/aromatic N) is 2. The number of benzene rings is 2. The first kappa shape index (κ1) is 28.6. The van der Waals surface area contributed by atoms with Gasteiger partial charge in [0.15, 0.2) is 11.5 Å². The largest absolute Gasteiger partial charge is 0.493 e. The molecule has 196 valence electrons. The van der Waals surface area contributed by atoms with Gasteiger partial charge in [0, 0.05) is 25.6 Å². The van der Waals surface area contributed by atoms with E-state index < -0.39 is 11.9 Å². The molecule has 1 amide bonds. The molecule has 0 saturated carbocycles. The lowest BCUT2D eigenvalue weighted by atomic mass is 9.95. The number of hydrogen-bond donors (Lipinski definition) is 2. The summed E-state index contributed by atoms with van der Waals surface area (Å²) in [7, 11) is 1.68. The number of methoxy groups -OCH3 is 1. The standard InChI is InChI=1S/C25H34N2O3.C2H2O4/c1-4-27(5-2)25(28)22-13-15-26(16-14-22)18-21-11-12-23(24(17-21)29-3)30-19-20-9-7-6-8-10-20;3-1(4)2(5)6/h6-12,17,22H,4-5,13-16,18-19H2,1-3H3;(H,3,4)(H,5,6). The van der Waals surface area contributed by atoms with Crippen LogP contribution in [0.4, 0.5) is 0 Å². The molecule has 3 rings (SSSR count). The Kier molecular flexibility index (Phi) is 11.7. The number of likely N-dealkylation sites (tertiary alicyclic amines) is 1. The highest BCUT2D eigenvalue weighted by Gasteiger charge is 2.27. The fourth-order valence-corrected chi connectivity index (χ4v) is 4.05. The molecule has 2 aromatic carbocycles. The highest BCUT2D eigenvalue weighted by atomic mass is 16.5. The van der Waals surface area contributed by atoms with Gasteiger partial charge in [-0.05, 0) is 63.0 Å². The molecule has 1 aliphatic rings. The second kappa shape index (κ2) is 14.7. The van der Waals surface area contributed by atoms with Crippen molar-refractivity contribution in [3.8, 4) is 11.5 Å². The van der Waals surface area contributed by atoms with Crippen LogP contribution in [0.25, 0.3) is 0 Å². The molecule has 0 unspecified atom stereocenters. The van der Waals surface area contributed by atoms with Gasteiger partial charge in [0.05, 0.1) is 7.11 Å². The molecule has 0 aliphatic carbocycles. The number of carboxylic acid groups (broad SMARTS) is 2. The van der Waals surface area contributed by atoms with E-state index in [0.717, 1.165) is 62.6 Å². The zero-order valence-electron chi connectivity index (χ0n) is 21.2. The summed E-state index contributed by atoms with van der Waals surface area (Å²) in [6, 6.07) is 16.3. The van der Waals surface area contributed by atoms with E-state index in [0.29, 0.717) is 12.5 Å². The number of carboxylic acids is 2. The van der Waals surface area contributed by atoms with E-state index >= 15 is 0 Å². The summed E-state index contributed by atoms with van der Waals surface area (Å²) in [5.74, 6) is -1.64. The zero-order valence-corrected chi connectivity index (χ0v) is 21.2. The average Bonchev–Trinajstić information content (AvgIpc) is 2.89. The van der Waals surface area contributed by atoms with Gasteiger partial charge in [-0.25, -0.2) is 9.59 Å². The number of hydrogen-bond acceptors (Lipinski definition) is 6. The van der Waals surface area contributed by atoms with Crippen molar-refractivity contribution in [1.29, 1.82) is 0 Å². The van der Waals surface area contributed by atoms with Crippen molar-refractivity contribution >= 4 is 17.8 Å². The third-order valence-electron chi connectivity index (χ3n) is 6.07. The summed E-state index contributed by atoms with van der Waals surface area (Å²) >= 11 is 0. The van der Waals surface area contributed by atoms with Crippen LogP contribution in [0, 0.1) is 5.92 Å². The van der Waals surface area contributed by atoms with Gasteiger partial charge in [-0.15, -0.1) is 0 Å². The van der Waals surface area contributed by atoms with E-state index in [9.17, 15) is 4.79 Å². The van der Waals surface area contributed by atoms with Crippen LogP contribution in [0.15, 0.2) is 48.5 Å². The van der Waals surface area contributed by atoms with Gasteiger partial charge in [0.1, 0.15) is 6.61 Å². The van der Waals surface area contributed by atoms with E-state index in [2.05, 4.69) is 43.0 Å². The maximum absolute atomic E-state index is 12.6. The fraction of sp³-hybridized carbons (Fsp3) is 0.444. The van der Waals surface area contributed by atoms with Crippen LogP contribution in [-0.2, 0) is 27.5 Å². The lowest BCUT2D eigenvalue weighted by molar-refractivity contribution is -0.159. The lowest BCUT2D eigenvalue weighted by Gasteiger charge is -2.33. The van der Waals surface area contributed by atoms with E-state index in [1.54, 1.807) is 7.11 Å². The smallest absolute Gasteiger partial charge is 0.414 e. The quantitative estimate of drug-likeness (QED) is 0.503. The molecular formula is C27H36N2O7. The molecule has 1 heterocycles. The van der Waals surface area contributed by atoms with Crippen LogP contribution >= 0.6 is 0 Å². The predicted octanol–water partition coefficient (Wildman–Crippen LogP) is 3.51. The van der Waals surface area contributed by atoms with Crippen molar-refractivity contribution in [3.63, 3.8) is 0 Å². The van der Waals surface area contributed by atoms with Crippen LogP contribution in [0.3, 0.4) is 0 Å². The Hall–Kier alpha value is -3.59. The van der Waals surface area contributed by atoms with Crippen LogP contribution in [-0.4, -0.2) is 71.1 Å². The van der Waals surface area contributed by atoms with E-state index in [1.807, 2.05) is 29.2 Å². The number of ether oxygens (including phenoxy) is 2. The first-order chi connectivity index (χ1) is 17.3. The number of carbonyl (C=O) groups excluding carboxylic acids is 1. The molecule has 2 aromatic rings. The van der Waals surface area contributed by atoms with Crippen LogP contribution < -0.4 is 9.47 Å². The first-order valence-corrected chi connectivity index (χ1v) is 12.1. The van der Waals surface area contributed by atoms with Gasteiger partial charge in [-0.3, -0.25) is 9.69 Å². The van der Waals surface area contributed by atoms with Crippen molar-refractivity contribution in [2.75, 3.05) is 33.3 Å². The molecule has 1 fully saturated rings. The Morgan fingerprint density at radius 3 is 2.06 bits per heavy atom. The fourth-order valence-electron chi connectivity index (χ4n) is 4.05. The van der Waals surface area contributed by atoms with Crippen molar-refractivity contribution in [2.24, 2.45) is 5.92 Å². The maximum atomic E-state index is 12.6. The van der Waals surface area contributed by atoms with Crippen LogP contribution in [0.5, 0.6) is 11.5 Å². The second-order valence-electron chi connectivity index (χ2n) is 8.43.